The van der Waals surface area contributed by atoms with Crippen molar-refractivity contribution in [2.75, 3.05) is 12.4 Å². The first kappa shape index (κ1) is 16.8. The Morgan fingerprint density at radius 1 is 1.20 bits per heavy atom. The van der Waals surface area contributed by atoms with Crippen molar-refractivity contribution in [3.05, 3.63) is 35.1 Å². The van der Waals surface area contributed by atoms with Gasteiger partial charge in [0.1, 0.15) is 5.82 Å². The van der Waals surface area contributed by atoms with Crippen molar-refractivity contribution in [1.29, 1.82) is 0 Å². The van der Waals surface area contributed by atoms with Crippen molar-refractivity contribution >= 4 is 17.5 Å². The van der Waals surface area contributed by atoms with Gasteiger partial charge >= 0.3 is 6.18 Å². The zero-order chi connectivity index (χ0) is 15.2. The summed E-state index contributed by atoms with van der Waals surface area (Å²) in [6, 6.07) is 1.77. The van der Waals surface area contributed by atoms with E-state index in [-0.39, 0.29) is 6.54 Å². The monoisotopic (exact) mass is 311 g/mol. The van der Waals surface area contributed by atoms with Gasteiger partial charge in [0.2, 0.25) is 0 Å². The SMILES string of the molecule is O=C(NCCCCCCl)c1cc(C(F)(F)F)ccc1F. The lowest BCUT2D eigenvalue weighted by Gasteiger charge is -2.10. The van der Waals surface area contributed by atoms with E-state index in [4.69, 9.17) is 11.6 Å². The van der Waals surface area contributed by atoms with Crippen LogP contribution in [0.5, 0.6) is 0 Å². The summed E-state index contributed by atoms with van der Waals surface area (Å²) in [5.74, 6) is -1.31. The summed E-state index contributed by atoms with van der Waals surface area (Å²) >= 11 is 5.48. The van der Waals surface area contributed by atoms with E-state index in [0.29, 0.717) is 30.5 Å². The van der Waals surface area contributed by atoms with Crippen LogP contribution in [0, 0.1) is 5.82 Å². The second-order valence-corrected chi connectivity index (χ2v) is 4.58. The molecule has 0 aliphatic rings. The highest BCUT2D eigenvalue weighted by Crippen LogP contribution is 2.30. The van der Waals surface area contributed by atoms with Gasteiger partial charge in [-0.25, -0.2) is 4.39 Å². The van der Waals surface area contributed by atoms with Crippen molar-refractivity contribution in [2.45, 2.75) is 25.4 Å². The quantitative estimate of drug-likeness (QED) is 0.480. The molecule has 0 fully saturated rings. The highest BCUT2D eigenvalue weighted by molar-refractivity contribution is 6.17. The van der Waals surface area contributed by atoms with Crippen LogP contribution in [0.4, 0.5) is 17.6 Å². The highest BCUT2D eigenvalue weighted by Gasteiger charge is 2.31. The smallest absolute Gasteiger partial charge is 0.352 e. The molecular formula is C13H14ClF4NO. The number of hydrogen-bond acceptors (Lipinski definition) is 1. The number of carbonyl (C=O) groups is 1. The summed E-state index contributed by atoms with van der Waals surface area (Å²) in [5.41, 5.74) is -1.65. The molecular weight excluding hydrogens is 298 g/mol. The minimum absolute atomic E-state index is 0.269. The van der Waals surface area contributed by atoms with Crippen LogP contribution in [0.25, 0.3) is 0 Å². The van der Waals surface area contributed by atoms with Crippen LogP contribution in [0.15, 0.2) is 18.2 Å². The van der Waals surface area contributed by atoms with Gasteiger partial charge in [0, 0.05) is 12.4 Å². The molecule has 0 spiro atoms. The molecule has 7 heteroatoms. The summed E-state index contributed by atoms with van der Waals surface area (Å²) in [6.07, 6.45) is -2.40. The summed E-state index contributed by atoms with van der Waals surface area (Å²) < 4.78 is 50.9. The summed E-state index contributed by atoms with van der Waals surface area (Å²) in [5, 5.41) is 2.39. The van der Waals surface area contributed by atoms with E-state index in [9.17, 15) is 22.4 Å². The van der Waals surface area contributed by atoms with E-state index in [1.807, 2.05) is 0 Å². The fourth-order valence-corrected chi connectivity index (χ4v) is 1.76. The van der Waals surface area contributed by atoms with Crippen molar-refractivity contribution in [1.82, 2.24) is 5.32 Å². The number of unbranched alkanes of at least 4 members (excludes halogenated alkanes) is 2. The number of nitrogens with one attached hydrogen (secondary N) is 1. The third-order valence-electron chi connectivity index (χ3n) is 2.63. The molecule has 0 aromatic heterocycles. The molecule has 0 saturated carbocycles. The van der Waals surface area contributed by atoms with Crippen molar-refractivity contribution in [3.63, 3.8) is 0 Å². The first-order valence-electron chi connectivity index (χ1n) is 6.07. The van der Waals surface area contributed by atoms with Gasteiger partial charge in [0.15, 0.2) is 0 Å². The van der Waals surface area contributed by atoms with Gasteiger partial charge in [-0.05, 0) is 31.0 Å². The predicted molar refractivity (Wildman–Crippen MR) is 68.3 cm³/mol. The predicted octanol–water partition coefficient (Wildman–Crippen LogP) is 3.98. The van der Waals surface area contributed by atoms with Crippen LogP contribution in [0.1, 0.15) is 35.2 Å². The van der Waals surface area contributed by atoms with Crippen LogP contribution < -0.4 is 5.32 Å². The normalized spacial score (nSPS) is 11.4. The number of hydrogen-bond donors (Lipinski definition) is 1. The van der Waals surface area contributed by atoms with Gasteiger partial charge < -0.3 is 5.32 Å². The maximum Gasteiger partial charge on any atom is 0.416 e. The van der Waals surface area contributed by atoms with Gasteiger partial charge in [-0.2, -0.15) is 13.2 Å². The van der Waals surface area contributed by atoms with E-state index in [0.717, 1.165) is 12.8 Å². The maximum absolute atomic E-state index is 13.4. The van der Waals surface area contributed by atoms with Crippen molar-refractivity contribution in [2.24, 2.45) is 0 Å². The lowest BCUT2D eigenvalue weighted by Crippen LogP contribution is -2.26. The molecule has 0 unspecified atom stereocenters. The summed E-state index contributed by atoms with van der Waals surface area (Å²) in [6.45, 7) is 0.269. The van der Waals surface area contributed by atoms with Crippen LogP contribution in [0.2, 0.25) is 0 Å². The highest BCUT2D eigenvalue weighted by atomic mass is 35.5. The Bertz CT molecular complexity index is 462. The van der Waals surface area contributed by atoms with Crippen LogP contribution in [0.3, 0.4) is 0 Å². The van der Waals surface area contributed by atoms with E-state index < -0.39 is 29.0 Å². The molecule has 20 heavy (non-hydrogen) atoms. The van der Waals surface area contributed by atoms with Crippen LogP contribution in [-0.4, -0.2) is 18.3 Å². The largest absolute Gasteiger partial charge is 0.416 e. The fraction of sp³-hybridized carbons (Fsp3) is 0.462. The molecule has 1 N–H and O–H groups in total. The van der Waals surface area contributed by atoms with Gasteiger partial charge in [-0.3, -0.25) is 4.79 Å². The van der Waals surface area contributed by atoms with Gasteiger partial charge in [-0.1, -0.05) is 6.42 Å². The van der Waals surface area contributed by atoms with Crippen LogP contribution in [-0.2, 0) is 6.18 Å². The number of halogens is 5. The van der Waals surface area contributed by atoms with Gasteiger partial charge in [0.05, 0.1) is 11.1 Å². The minimum atomic E-state index is -4.61. The molecule has 1 aromatic rings. The lowest BCUT2D eigenvalue weighted by molar-refractivity contribution is -0.137. The number of alkyl halides is 4. The molecule has 0 heterocycles. The zero-order valence-electron chi connectivity index (χ0n) is 10.6. The molecule has 2 nitrogen and oxygen atoms in total. The maximum atomic E-state index is 13.4. The first-order chi connectivity index (χ1) is 9.36. The Balaban J connectivity index is 2.67. The molecule has 1 amide bonds. The second-order valence-electron chi connectivity index (χ2n) is 4.20. The molecule has 1 rings (SSSR count). The average molecular weight is 312 g/mol. The molecule has 0 aliphatic heterocycles. The average Bonchev–Trinajstić information content (AvgIpc) is 2.37. The molecule has 0 bridgehead atoms. The zero-order valence-corrected chi connectivity index (χ0v) is 11.3. The Morgan fingerprint density at radius 2 is 1.90 bits per heavy atom. The van der Waals surface area contributed by atoms with Gasteiger partial charge in [-0.15, -0.1) is 11.6 Å². The Labute approximate surface area is 119 Å². The Kier molecular flexibility index (Phi) is 6.26. The molecule has 0 saturated heterocycles. The lowest BCUT2D eigenvalue weighted by atomic mass is 10.1. The molecule has 0 atom stereocenters. The number of rotatable bonds is 6. The molecule has 0 aliphatic carbocycles. The summed E-state index contributed by atoms with van der Waals surface area (Å²) in [7, 11) is 0. The Hall–Kier alpha value is -1.30. The standard InChI is InChI=1S/C13H14ClF4NO/c14-6-2-1-3-7-19-12(20)10-8-9(13(16,17)18)4-5-11(10)15/h4-5,8H,1-3,6-7H2,(H,19,20). The van der Waals surface area contributed by atoms with E-state index >= 15 is 0 Å². The van der Waals surface area contributed by atoms with E-state index in [2.05, 4.69) is 5.32 Å². The molecule has 112 valence electrons. The third kappa shape index (κ3) is 5.00. The second kappa shape index (κ2) is 7.47. The fourth-order valence-electron chi connectivity index (χ4n) is 1.57. The molecule has 0 radical (unpaired) electrons. The Morgan fingerprint density at radius 3 is 2.50 bits per heavy atom. The number of benzene rings is 1. The number of amides is 1. The van der Waals surface area contributed by atoms with Crippen molar-refractivity contribution < 1.29 is 22.4 Å². The van der Waals surface area contributed by atoms with E-state index in [1.54, 1.807) is 0 Å². The minimum Gasteiger partial charge on any atom is -0.352 e. The molecule has 1 aromatic carbocycles. The third-order valence-corrected chi connectivity index (χ3v) is 2.90. The first-order valence-corrected chi connectivity index (χ1v) is 6.60. The van der Waals surface area contributed by atoms with Crippen LogP contribution >= 0.6 is 11.6 Å². The van der Waals surface area contributed by atoms with E-state index in [1.165, 1.54) is 0 Å². The topological polar surface area (TPSA) is 29.1 Å². The van der Waals surface area contributed by atoms with Crippen molar-refractivity contribution in [3.8, 4) is 0 Å². The number of carbonyl (C=O) groups excluding carboxylic acids is 1. The summed E-state index contributed by atoms with van der Waals surface area (Å²) in [4.78, 5) is 11.6. The van der Waals surface area contributed by atoms with Gasteiger partial charge in [0.25, 0.3) is 5.91 Å².